The van der Waals surface area contributed by atoms with E-state index in [1.54, 1.807) is 12.2 Å². The van der Waals surface area contributed by atoms with Crippen LogP contribution in [0.2, 0.25) is 0 Å². The van der Waals surface area contributed by atoms with Crippen LogP contribution in [0.3, 0.4) is 0 Å². The van der Waals surface area contributed by atoms with Gasteiger partial charge in [0.15, 0.2) is 5.72 Å². The van der Waals surface area contributed by atoms with Gasteiger partial charge in [0.25, 0.3) is 0 Å². The second-order valence-electron chi connectivity index (χ2n) is 2.62. The largest absolute Gasteiger partial charge is 0.481 e. The molecule has 0 aromatic rings. The van der Waals surface area contributed by atoms with Crippen molar-refractivity contribution in [2.24, 2.45) is 11.7 Å². The number of carboxylic acid groups (broad SMARTS) is 1. The molecule has 0 saturated heterocycles. The van der Waals surface area contributed by atoms with E-state index in [-0.39, 0.29) is 0 Å². The first kappa shape index (κ1) is 8.96. The first-order valence-corrected chi connectivity index (χ1v) is 3.53. The highest BCUT2D eigenvalue weighted by molar-refractivity contribution is 5.74. The zero-order valence-corrected chi connectivity index (χ0v) is 6.73. The van der Waals surface area contributed by atoms with Crippen LogP contribution < -0.4 is 5.73 Å². The van der Waals surface area contributed by atoms with E-state index >= 15 is 0 Å². The number of methoxy groups -OCH3 is 1. The van der Waals surface area contributed by atoms with E-state index in [2.05, 4.69) is 0 Å². The molecule has 2 atom stereocenters. The molecule has 0 radical (unpaired) electrons. The lowest BCUT2D eigenvalue weighted by atomic mass is 9.92. The zero-order valence-electron chi connectivity index (χ0n) is 6.73. The van der Waals surface area contributed by atoms with E-state index in [4.69, 9.17) is 15.6 Å². The molecule has 0 heterocycles. The first-order valence-electron chi connectivity index (χ1n) is 3.53. The summed E-state index contributed by atoms with van der Waals surface area (Å²) in [7, 11) is 1.39. The predicted molar refractivity (Wildman–Crippen MR) is 43.3 cm³/mol. The lowest BCUT2D eigenvalue weighted by Gasteiger charge is -2.30. The Balaban J connectivity index is 2.92. The Morgan fingerprint density at radius 3 is 2.75 bits per heavy atom. The molecule has 12 heavy (non-hydrogen) atoms. The maximum atomic E-state index is 10.7. The van der Waals surface area contributed by atoms with Crippen molar-refractivity contribution in [2.45, 2.75) is 5.72 Å². The summed E-state index contributed by atoms with van der Waals surface area (Å²) in [6.07, 6.45) is 6.35. The number of hydrogen-bond acceptors (Lipinski definition) is 3. The maximum absolute atomic E-state index is 10.7. The van der Waals surface area contributed by atoms with Crippen LogP contribution in [0.25, 0.3) is 0 Å². The smallest absolute Gasteiger partial charge is 0.315 e. The molecule has 0 bridgehead atoms. The van der Waals surface area contributed by atoms with Crippen LogP contribution in [0, 0.1) is 5.92 Å². The van der Waals surface area contributed by atoms with Crippen molar-refractivity contribution in [3.63, 3.8) is 0 Å². The summed E-state index contributed by atoms with van der Waals surface area (Å²) in [6.45, 7) is 0. The van der Waals surface area contributed by atoms with Gasteiger partial charge in [-0.15, -0.1) is 0 Å². The maximum Gasteiger partial charge on any atom is 0.315 e. The highest BCUT2D eigenvalue weighted by Crippen LogP contribution is 2.22. The van der Waals surface area contributed by atoms with E-state index < -0.39 is 17.6 Å². The molecule has 1 aliphatic rings. The molecule has 1 aliphatic carbocycles. The van der Waals surface area contributed by atoms with E-state index in [0.717, 1.165) is 0 Å². The molecule has 2 unspecified atom stereocenters. The van der Waals surface area contributed by atoms with Crippen molar-refractivity contribution in [1.82, 2.24) is 0 Å². The number of allylic oxidation sites excluding steroid dienone is 2. The average Bonchev–Trinajstić information content (AvgIpc) is 2.05. The third kappa shape index (κ3) is 1.39. The number of ether oxygens (including phenoxy) is 1. The third-order valence-corrected chi connectivity index (χ3v) is 1.88. The molecule has 66 valence electrons. The molecule has 0 aromatic carbocycles. The highest BCUT2D eigenvalue weighted by atomic mass is 16.5. The fraction of sp³-hybridized carbons (Fsp3) is 0.375. The summed E-state index contributed by atoms with van der Waals surface area (Å²) in [5.74, 6) is -1.80. The van der Waals surface area contributed by atoms with Gasteiger partial charge in [-0.3, -0.25) is 10.5 Å². The summed E-state index contributed by atoms with van der Waals surface area (Å²) in [4.78, 5) is 10.7. The normalized spacial score (nSPS) is 33.7. The number of rotatable bonds is 2. The van der Waals surface area contributed by atoms with Crippen molar-refractivity contribution in [3.05, 3.63) is 24.3 Å². The number of nitrogens with two attached hydrogens (primary N) is 1. The standard InChI is InChI=1S/C8H11NO3/c1-12-8(9)5-3-2-4-6(8)7(10)11/h2-6H,9H2,1H3,(H,10,11). The summed E-state index contributed by atoms with van der Waals surface area (Å²) in [5, 5.41) is 8.76. The number of carbonyl (C=O) groups is 1. The average molecular weight is 169 g/mol. The molecule has 0 aliphatic heterocycles. The highest BCUT2D eigenvalue weighted by Gasteiger charge is 2.37. The minimum atomic E-state index is -1.21. The second kappa shape index (κ2) is 3.08. The molecular weight excluding hydrogens is 158 g/mol. The van der Waals surface area contributed by atoms with Crippen molar-refractivity contribution in [3.8, 4) is 0 Å². The van der Waals surface area contributed by atoms with Crippen molar-refractivity contribution >= 4 is 5.97 Å². The molecular formula is C8H11NO3. The number of carboxylic acids is 1. The number of aliphatic carboxylic acids is 1. The van der Waals surface area contributed by atoms with Gasteiger partial charge in [0.05, 0.1) is 0 Å². The van der Waals surface area contributed by atoms with Crippen molar-refractivity contribution in [1.29, 1.82) is 0 Å². The molecule has 3 N–H and O–H groups in total. The Morgan fingerprint density at radius 2 is 2.33 bits per heavy atom. The third-order valence-electron chi connectivity index (χ3n) is 1.88. The van der Waals surface area contributed by atoms with Crippen LogP contribution >= 0.6 is 0 Å². The van der Waals surface area contributed by atoms with Gasteiger partial charge in [-0.05, 0) is 6.08 Å². The lowest BCUT2D eigenvalue weighted by molar-refractivity contribution is -0.147. The van der Waals surface area contributed by atoms with Gasteiger partial charge in [0.1, 0.15) is 5.92 Å². The molecule has 4 nitrogen and oxygen atoms in total. The minimum absolute atomic E-state index is 0.813. The predicted octanol–water partition coefficient (Wildman–Crippen LogP) is 0.115. The Hall–Kier alpha value is -1.13. The van der Waals surface area contributed by atoms with Crippen LogP contribution in [0.5, 0.6) is 0 Å². The minimum Gasteiger partial charge on any atom is -0.481 e. The molecule has 1 rings (SSSR count). The number of hydrogen-bond donors (Lipinski definition) is 2. The SMILES string of the molecule is COC1(N)C=CC=CC1C(=O)O. The molecule has 0 spiro atoms. The summed E-state index contributed by atoms with van der Waals surface area (Å²) < 4.78 is 4.91. The second-order valence-corrected chi connectivity index (χ2v) is 2.62. The van der Waals surface area contributed by atoms with Gasteiger partial charge >= 0.3 is 5.97 Å². The Kier molecular flexibility index (Phi) is 2.30. The van der Waals surface area contributed by atoms with Gasteiger partial charge in [0, 0.05) is 7.11 Å². The Morgan fingerprint density at radius 1 is 1.67 bits per heavy atom. The van der Waals surface area contributed by atoms with Crippen LogP contribution in [-0.2, 0) is 9.53 Å². The van der Waals surface area contributed by atoms with Gasteiger partial charge in [-0.25, -0.2) is 0 Å². The molecule has 0 saturated carbocycles. The first-order chi connectivity index (χ1) is 5.60. The summed E-state index contributed by atoms with van der Waals surface area (Å²) >= 11 is 0. The van der Waals surface area contributed by atoms with Crippen LogP contribution in [-0.4, -0.2) is 23.9 Å². The zero-order chi connectivity index (χ0) is 9.19. The molecule has 4 heteroatoms. The quantitative estimate of drug-likeness (QED) is 0.575. The van der Waals surface area contributed by atoms with E-state index in [9.17, 15) is 4.79 Å². The Bertz CT molecular complexity index is 247. The summed E-state index contributed by atoms with van der Waals surface area (Å²) in [6, 6.07) is 0. The molecule has 0 fully saturated rings. The molecule has 0 aromatic heterocycles. The monoisotopic (exact) mass is 169 g/mol. The van der Waals surface area contributed by atoms with Gasteiger partial charge in [-0.2, -0.15) is 0 Å². The van der Waals surface area contributed by atoms with Crippen molar-refractivity contribution in [2.75, 3.05) is 7.11 Å². The fourth-order valence-corrected chi connectivity index (χ4v) is 1.11. The van der Waals surface area contributed by atoms with Gasteiger partial charge in [-0.1, -0.05) is 18.2 Å². The topological polar surface area (TPSA) is 72.5 Å². The van der Waals surface area contributed by atoms with Crippen LogP contribution in [0.15, 0.2) is 24.3 Å². The molecule has 0 amide bonds. The van der Waals surface area contributed by atoms with E-state index in [0.29, 0.717) is 0 Å². The van der Waals surface area contributed by atoms with Crippen LogP contribution in [0.4, 0.5) is 0 Å². The fourth-order valence-electron chi connectivity index (χ4n) is 1.11. The van der Waals surface area contributed by atoms with E-state index in [1.165, 1.54) is 19.3 Å². The van der Waals surface area contributed by atoms with E-state index in [1.807, 2.05) is 0 Å². The van der Waals surface area contributed by atoms with Crippen molar-refractivity contribution < 1.29 is 14.6 Å². The lowest BCUT2D eigenvalue weighted by Crippen LogP contribution is -2.50. The summed E-state index contributed by atoms with van der Waals surface area (Å²) in [5.41, 5.74) is 4.45. The van der Waals surface area contributed by atoms with Gasteiger partial charge in [0.2, 0.25) is 0 Å². The van der Waals surface area contributed by atoms with Gasteiger partial charge < -0.3 is 9.84 Å². The Labute approximate surface area is 70.3 Å². The van der Waals surface area contributed by atoms with Crippen LogP contribution in [0.1, 0.15) is 0 Å².